The van der Waals surface area contributed by atoms with Crippen molar-refractivity contribution in [3.8, 4) is 0 Å². The molecule has 3 nitrogen and oxygen atoms in total. The van der Waals surface area contributed by atoms with Gasteiger partial charge in [0.1, 0.15) is 11.2 Å². The van der Waals surface area contributed by atoms with E-state index in [1.165, 1.54) is 0 Å². The summed E-state index contributed by atoms with van der Waals surface area (Å²) in [5, 5.41) is 4.11. The summed E-state index contributed by atoms with van der Waals surface area (Å²) in [5.74, 6) is 1.06. The van der Waals surface area contributed by atoms with Gasteiger partial charge in [-0.2, -0.15) is 0 Å². The van der Waals surface area contributed by atoms with Crippen LogP contribution >= 0.6 is 0 Å². The summed E-state index contributed by atoms with van der Waals surface area (Å²) in [7, 11) is 0. The number of furan rings is 3. The lowest BCUT2D eigenvalue weighted by Crippen LogP contribution is -1.65. The maximum Gasteiger partial charge on any atom is 0.302 e. The Bertz CT molecular complexity index is 974. The molecule has 0 saturated carbocycles. The summed E-state index contributed by atoms with van der Waals surface area (Å²) in [6, 6.07) is 15.9. The second-order valence-electron chi connectivity index (χ2n) is 4.62. The number of para-hydroxylation sites is 2. The Morgan fingerprint density at radius 1 is 0.526 bits per heavy atom. The van der Waals surface area contributed by atoms with Crippen molar-refractivity contribution in [2.45, 2.75) is 0 Å². The smallest absolute Gasteiger partial charge is 0.302 e. The molecular formula is C16H8O3. The first kappa shape index (κ1) is 9.28. The zero-order valence-electron chi connectivity index (χ0n) is 9.84. The normalized spacial score (nSPS) is 12.2. The van der Waals surface area contributed by atoms with E-state index in [2.05, 4.69) is 0 Å². The molecule has 0 amide bonds. The third-order valence-corrected chi connectivity index (χ3v) is 3.56. The monoisotopic (exact) mass is 248 g/mol. The van der Waals surface area contributed by atoms with Crippen LogP contribution in [0, 0.1) is 0 Å². The lowest BCUT2D eigenvalue weighted by atomic mass is 10.1. The highest BCUT2D eigenvalue weighted by molar-refractivity contribution is 6.24. The van der Waals surface area contributed by atoms with Crippen LogP contribution in [-0.2, 0) is 0 Å². The number of hydrogen-bond acceptors (Lipinski definition) is 3. The van der Waals surface area contributed by atoms with E-state index in [1.807, 2.05) is 48.5 Å². The molecule has 0 fully saturated rings. The molecule has 0 radical (unpaired) electrons. The molecule has 3 heterocycles. The number of rotatable bonds is 0. The number of fused-ring (bicyclic) bond motifs is 7. The van der Waals surface area contributed by atoms with Crippen LogP contribution in [0.5, 0.6) is 0 Å². The predicted molar refractivity (Wildman–Crippen MR) is 73.3 cm³/mol. The molecule has 0 saturated heterocycles. The molecule has 90 valence electrons. The third-order valence-electron chi connectivity index (χ3n) is 3.56. The minimum absolute atomic E-state index is 0.528. The van der Waals surface area contributed by atoms with Gasteiger partial charge in [0.2, 0.25) is 0 Å². The Labute approximate surface area is 107 Å². The van der Waals surface area contributed by atoms with Gasteiger partial charge in [0, 0.05) is 10.8 Å². The molecule has 0 unspecified atom stereocenters. The van der Waals surface area contributed by atoms with E-state index in [-0.39, 0.29) is 0 Å². The van der Waals surface area contributed by atoms with E-state index in [4.69, 9.17) is 13.3 Å². The minimum atomic E-state index is 0.528. The zero-order chi connectivity index (χ0) is 12.4. The average molecular weight is 248 g/mol. The van der Waals surface area contributed by atoms with Crippen molar-refractivity contribution in [1.82, 2.24) is 0 Å². The van der Waals surface area contributed by atoms with Gasteiger partial charge >= 0.3 is 11.6 Å². The van der Waals surface area contributed by atoms with Crippen LogP contribution in [-0.4, -0.2) is 0 Å². The first-order chi connectivity index (χ1) is 9.42. The van der Waals surface area contributed by atoms with Crippen LogP contribution in [0.25, 0.3) is 44.3 Å². The van der Waals surface area contributed by atoms with Gasteiger partial charge in [0.25, 0.3) is 0 Å². The van der Waals surface area contributed by atoms with Crippen molar-refractivity contribution in [2.75, 3.05) is 0 Å². The third kappa shape index (κ3) is 1.03. The highest BCUT2D eigenvalue weighted by Gasteiger charge is 2.20. The van der Waals surface area contributed by atoms with Gasteiger partial charge in [-0.25, -0.2) is 0 Å². The van der Waals surface area contributed by atoms with Gasteiger partial charge in [-0.05, 0) is 12.1 Å². The standard InChI is InChI=1S/C16H8O3/c1-3-7-11-9(5-1)13-14-10-6-2-4-8-12(10)18-16(14)19-15(13)17-11/h1-8H. The van der Waals surface area contributed by atoms with Crippen LogP contribution in [0.4, 0.5) is 0 Å². The Hall–Kier alpha value is -2.68. The second-order valence-corrected chi connectivity index (χ2v) is 4.62. The fourth-order valence-electron chi connectivity index (χ4n) is 2.75. The van der Waals surface area contributed by atoms with E-state index in [9.17, 15) is 0 Å². The molecule has 0 aliphatic heterocycles. The predicted octanol–water partition coefficient (Wildman–Crippen LogP) is 5.08. The Kier molecular flexibility index (Phi) is 1.47. The van der Waals surface area contributed by atoms with Gasteiger partial charge < -0.3 is 13.3 Å². The van der Waals surface area contributed by atoms with Crippen molar-refractivity contribution >= 4 is 44.3 Å². The first-order valence-corrected chi connectivity index (χ1v) is 6.13. The van der Waals surface area contributed by atoms with Crippen LogP contribution in [0.2, 0.25) is 0 Å². The summed E-state index contributed by atoms with van der Waals surface area (Å²) in [6.07, 6.45) is 0. The molecule has 0 N–H and O–H groups in total. The number of hydrogen-bond donors (Lipinski definition) is 0. The lowest BCUT2D eigenvalue weighted by Gasteiger charge is -1.86. The molecule has 0 aliphatic carbocycles. The van der Waals surface area contributed by atoms with Crippen LogP contribution in [0.15, 0.2) is 61.8 Å². The van der Waals surface area contributed by atoms with Crippen LogP contribution in [0.3, 0.4) is 0 Å². The molecular weight excluding hydrogens is 240 g/mol. The fraction of sp³-hybridized carbons (Fsp3) is 0. The van der Waals surface area contributed by atoms with E-state index < -0.39 is 0 Å². The highest BCUT2D eigenvalue weighted by atomic mass is 16.5. The van der Waals surface area contributed by atoms with Crippen molar-refractivity contribution in [3.63, 3.8) is 0 Å². The van der Waals surface area contributed by atoms with Gasteiger partial charge in [-0.1, -0.05) is 36.4 Å². The van der Waals surface area contributed by atoms with Crippen molar-refractivity contribution in [2.24, 2.45) is 0 Å². The topological polar surface area (TPSA) is 39.4 Å². The fourth-order valence-corrected chi connectivity index (χ4v) is 2.75. The largest absolute Gasteiger partial charge is 0.425 e. The molecule has 0 bridgehead atoms. The lowest BCUT2D eigenvalue weighted by molar-refractivity contribution is 0.468. The summed E-state index contributed by atoms with van der Waals surface area (Å²) in [6.45, 7) is 0. The molecule has 2 aromatic carbocycles. The van der Waals surface area contributed by atoms with E-state index in [0.29, 0.717) is 11.6 Å². The van der Waals surface area contributed by atoms with Crippen LogP contribution in [0.1, 0.15) is 0 Å². The second kappa shape index (κ2) is 3.01. The van der Waals surface area contributed by atoms with E-state index >= 15 is 0 Å². The first-order valence-electron chi connectivity index (χ1n) is 6.13. The molecule has 0 aliphatic rings. The van der Waals surface area contributed by atoms with Crippen molar-refractivity contribution in [3.05, 3.63) is 48.5 Å². The maximum atomic E-state index is 5.72. The molecule has 5 aromatic rings. The Morgan fingerprint density at radius 2 is 1.00 bits per heavy atom. The molecule has 3 heteroatoms. The number of benzene rings is 2. The molecule has 3 aromatic heterocycles. The molecule has 0 spiro atoms. The Balaban J connectivity index is 2.16. The summed E-state index contributed by atoms with van der Waals surface area (Å²) < 4.78 is 17.1. The zero-order valence-corrected chi connectivity index (χ0v) is 9.84. The van der Waals surface area contributed by atoms with Gasteiger partial charge in [0.15, 0.2) is 0 Å². The summed E-state index contributed by atoms with van der Waals surface area (Å²) >= 11 is 0. The molecule has 19 heavy (non-hydrogen) atoms. The minimum Gasteiger partial charge on any atom is -0.425 e. The van der Waals surface area contributed by atoms with Gasteiger partial charge in [0.05, 0.1) is 10.8 Å². The van der Waals surface area contributed by atoms with E-state index in [0.717, 1.165) is 32.7 Å². The van der Waals surface area contributed by atoms with Crippen molar-refractivity contribution < 1.29 is 13.3 Å². The molecule has 5 rings (SSSR count). The Morgan fingerprint density at radius 3 is 1.53 bits per heavy atom. The van der Waals surface area contributed by atoms with Crippen LogP contribution < -0.4 is 0 Å². The van der Waals surface area contributed by atoms with Gasteiger partial charge in [-0.15, -0.1) is 0 Å². The highest BCUT2D eigenvalue weighted by Crippen LogP contribution is 2.41. The maximum absolute atomic E-state index is 5.72. The van der Waals surface area contributed by atoms with Crippen molar-refractivity contribution in [1.29, 1.82) is 0 Å². The SMILES string of the molecule is c1ccc2c(c1)oc1oc3oc4ccccc4c3c12. The van der Waals surface area contributed by atoms with E-state index in [1.54, 1.807) is 0 Å². The summed E-state index contributed by atoms with van der Waals surface area (Å²) in [5.41, 5.74) is 1.67. The summed E-state index contributed by atoms with van der Waals surface area (Å²) in [4.78, 5) is 0. The quantitative estimate of drug-likeness (QED) is 0.383. The van der Waals surface area contributed by atoms with Gasteiger partial charge in [-0.3, -0.25) is 0 Å². The molecule has 0 atom stereocenters. The average Bonchev–Trinajstić information content (AvgIpc) is 3.04.